The number of nitro groups is 1. The van der Waals surface area contributed by atoms with E-state index in [0.717, 1.165) is 31.0 Å². The maximum absolute atomic E-state index is 12.6. The average Bonchev–Trinajstić information content (AvgIpc) is 3.14. The average molecular weight is 368 g/mol. The summed E-state index contributed by atoms with van der Waals surface area (Å²) in [5.74, 6) is 0.251. The van der Waals surface area contributed by atoms with E-state index in [4.69, 9.17) is 0 Å². The van der Waals surface area contributed by atoms with Crippen LogP contribution in [0.15, 0.2) is 28.2 Å². The summed E-state index contributed by atoms with van der Waals surface area (Å²) < 4.78 is 26.5. The van der Waals surface area contributed by atoms with Crippen LogP contribution < -0.4 is 5.43 Å². The third-order valence-electron chi connectivity index (χ3n) is 4.55. The molecule has 1 heterocycles. The van der Waals surface area contributed by atoms with Crippen LogP contribution in [0.5, 0.6) is 0 Å². The smallest absolute Gasteiger partial charge is 0.272 e. The second-order valence-electron chi connectivity index (χ2n) is 6.22. The highest BCUT2D eigenvalue weighted by Crippen LogP contribution is 2.30. The largest absolute Gasteiger partial charge is 0.295 e. The minimum atomic E-state index is -3.69. The predicted molar refractivity (Wildman–Crippen MR) is 97.3 cm³/mol. The summed E-state index contributed by atoms with van der Waals surface area (Å²) in [6.45, 7) is 6.80. The summed E-state index contributed by atoms with van der Waals surface area (Å²) >= 11 is 0. The Bertz CT molecular complexity index is 770. The van der Waals surface area contributed by atoms with E-state index in [2.05, 4.69) is 10.5 Å². The number of hydrogen-bond acceptors (Lipinski definition) is 6. The zero-order chi connectivity index (χ0) is 18.6. The van der Waals surface area contributed by atoms with Gasteiger partial charge in [0.2, 0.25) is 10.0 Å². The van der Waals surface area contributed by atoms with Crippen molar-refractivity contribution in [2.45, 2.75) is 44.9 Å². The summed E-state index contributed by atoms with van der Waals surface area (Å²) in [6.07, 6.45) is 2.53. The van der Waals surface area contributed by atoms with E-state index in [1.165, 1.54) is 16.4 Å². The molecule has 1 aliphatic rings. The number of nitro benzene ring substituents is 1. The zero-order valence-electron chi connectivity index (χ0n) is 14.7. The van der Waals surface area contributed by atoms with Crippen molar-refractivity contribution in [3.63, 3.8) is 0 Å². The Morgan fingerprint density at radius 2 is 2.04 bits per heavy atom. The van der Waals surface area contributed by atoms with Gasteiger partial charge in [-0.15, -0.1) is 0 Å². The van der Waals surface area contributed by atoms with Crippen molar-refractivity contribution in [2.24, 2.45) is 11.0 Å². The third kappa shape index (κ3) is 4.35. The number of nitrogens with one attached hydrogen (secondary N) is 1. The molecule has 8 nitrogen and oxygen atoms in total. The van der Waals surface area contributed by atoms with Crippen molar-refractivity contribution in [3.8, 4) is 0 Å². The Kier molecular flexibility index (Phi) is 6.12. The molecule has 1 saturated heterocycles. The summed E-state index contributed by atoms with van der Waals surface area (Å²) in [5, 5.41) is 15.5. The van der Waals surface area contributed by atoms with Gasteiger partial charge in [-0.1, -0.05) is 13.8 Å². The van der Waals surface area contributed by atoms with Gasteiger partial charge in [-0.3, -0.25) is 15.5 Å². The lowest BCUT2D eigenvalue weighted by Crippen LogP contribution is -2.27. The fraction of sp³-hybridized carbons (Fsp3) is 0.562. The molecule has 0 saturated carbocycles. The first kappa shape index (κ1) is 19.3. The molecule has 0 aliphatic carbocycles. The second-order valence-corrected chi connectivity index (χ2v) is 8.16. The minimum Gasteiger partial charge on any atom is -0.272 e. The lowest BCUT2D eigenvalue weighted by atomic mass is 10.1. The molecule has 1 fully saturated rings. The van der Waals surface area contributed by atoms with Crippen LogP contribution in [0.2, 0.25) is 0 Å². The summed E-state index contributed by atoms with van der Waals surface area (Å²) in [5.41, 5.74) is 3.39. The van der Waals surface area contributed by atoms with Crippen LogP contribution in [0.3, 0.4) is 0 Å². The number of hydrogen-bond donors (Lipinski definition) is 1. The van der Waals surface area contributed by atoms with Gasteiger partial charge in [0, 0.05) is 24.9 Å². The molecule has 0 bridgehead atoms. The van der Waals surface area contributed by atoms with E-state index in [-0.39, 0.29) is 22.2 Å². The Labute approximate surface area is 148 Å². The molecule has 1 atom stereocenters. The van der Waals surface area contributed by atoms with Crippen LogP contribution in [0.4, 0.5) is 11.4 Å². The SMILES string of the molecule is CC[C@H](C)/C(C)=N\Nc1ccc(S(=O)(=O)N2CCCC2)cc1[N+](=O)[O-]. The molecule has 9 heteroatoms. The number of sulfonamides is 1. The standard InChI is InChI=1S/C16H24N4O4S/c1-4-12(2)13(3)17-18-15-8-7-14(11-16(15)20(21)22)25(23,24)19-9-5-6-10-19/h7-8,11-12,18H,4-6,9-10H2,1-3H3/b17-13-/t12-/m0/s1. The summed E-state index contributed by atoms with van der Waals surface area (Å²) in [6, 6.07) is 3.88. The fourth-order valence-electron chi connectivity index (χ4n) is 2.55. The molecule has 0 aromatic heterocycles. The fourth-order valence-corrected chi connectivity index (χ4v) is 4.09. The van der Waals surface area contributed by atoms with Gasteiger partial charge in [-0.25, -0.2) is 8.42 Å². The number of benzene rings is 1. The molecule has 25 heavy (non-hydrogen) atoms. The Hall–Kier alpha value is -2.00. The van der Waals surface area contributed by atoms with Crippen LogP contribution in [0.1, 0.15) is 40.0 Å². The zero-order valence-corrected chi connectivity index (χ0v) is 15.5. The van der Waals surface area contributed by atoms with Gasteiger partial charge in [0.25, 0.3) is 5.69 Å². The van der Waals surface area contributed by atoms with E-state index >= 15 is 0 Å². The van der Waals surface area contributed by atoms with E-state index < -0.39 is 14.9 Å². The highest BCUT2D eigenvalue weighted by Gasteiger charge is 2.29. The first-order valence-corrected chi connectivity index (χ1v) is 9.80. The molecule has 1 N–H and O–H groups in total. The summed E-state index contributed by atoms with van der Waals surface area (Å²) in [7, 11) is -3.69. The predicted octanol–water partition coefficient (Wildman–Crippen LogP) is 3.21. The van der Waals surface area contributed by atoms with Crippen molar-refractivity contribution in [2.75, 3.05) is 18.5 Å². The van der Waals surface area contributed by atoms with Gasteiger partial charge in [0.05, 0.1) is 9.82 Å². The van der Waals surface area contributed by atoms with Gasteiger partial charge in [-0.2, -0.15) is 9.41 Å². The molecular formula is C16H24N4O4S. The van der Waals surface area contributed by atoms with E-state index in [1.54, 1.807) is 0 Å². The molecule has 1 aliphatic heterocycles. The van der Waals surface area contributed by atoms with E-state index in [0.29, 0.717) is 13.1 Å². The molecular weight excluding hydrogens is 344 g/mol. The molecule has 138 valence electrons. The molecule has 0 spiro atoms. The van der Waals surface area contributed by atoms with Gasteiger partial charge >= 0.3 is 0 Å². The van der Waals surface area contributed by atoms with Crippen molar-refractivity contribution in [3.05, 3.63) is 28.3 Å². The first-order chi connectivity index (χ1) is 11.8. The van der Waals surface area contributed by atoms with E-state index in [9.17, 15) is 18.5 Å². The highest BCUT2D eigenvalue weighted by molar-refractivity contribution is 7.89. The van der Waals surface area contributed by atoms with Gasteiger partial charge < -0.3 is 0 Å². The van der Waals surface area contributed by atoms with Crippen molar-refractivity contribution in [1.82, 2.24) is 4.31 Å². The van der Waals surface area contributed by atoms with Crippen molar-refractivity contribution >= 4 is 27.1 Å². The Morgan fingerprint density at radius 1 is 1.40 bits per heavy atom. The lowest BCUT2D eigenvalue weighted by molar-refractivity contribution is -0.384. The third-order valence-corrected chi connectivity index (χ3v) is 6.44. The van der Waals surface area contributed by atoms with Gasteiger partial charge in [-0.05, 0) is 44.2 Å². The minimum absolute atomic E-state index is 0.0609. The quantitative estimate of drug-likeness (QED) is 0.452. The Morgan fingerprint density at radius 3 is 2.60 bits per heavy atom. The number of nitrogens with zero attached hydrogens (tertiary/aromatic N) is 3. The topological polar surface area (TPSA) is 105 Å². The summed E-state index contributed by atoms with van der Waals surface area (Å²) in [4.78, 5) is 10.7. The van der Waals surface area contributed by atoms with Crippen LogP contribution in [-0.4, -0.2) is 36.4 Å². The van der Waals surface area contributed by atoms with Crippen molar-refractivity contribution < 1.29 is 13.3 Å². The van der Waals surface area contributed by atoms with E-state index in [1.807, 2.05) is 20.8 Å². The monoisotopic (exact) mass is 368 g/mol. The van der Waals surface area contributed by atoms with Gasteiger partial charge in [0.1, 0.15) is 5.69 Å². The molecule has 0 radical (unpaired) electrons. The highest BCUT2D eigenvalue weighted by atomic mass is 32.2. The van der Waals surface area contributed by atoms with Crippen LogP contribution in [-0.2, 0) is 10.0 Å². The second kappa shape index (κ2) is 7.92. The molecule has 1 aromatic rings. The maximum atomic E-state index is 12.6. The number of anilines is 1. The molecule has 2 rings (SSSR count). The molecule has 1 aromatic carbocycles. The number of rotatable bonds is 7. The number of hydrazone groups is 1. The lowest BCUT2D eigenvalue weighted by Gasteiger charge is -2.16. The molecule has 0 unspecified atom stereocenters. The normalized spacial score (nSPS) is 17.5. The van der Waals surface area contributed by atoms with Crippen LogP contribution in [0.25, 0.3) is 0 Å². The van der Waals surface area contributed by atoms with Crippen molar-refractivity contribution in [1.29, 1.82) is 0 Å². The van der Waals surface area contributed by atoms with Crippen LogP contribution >= 0.6 is 0 Å². The Balaban J connectivity index is 2.33. The van der Waals surface area contributed by atoms with Gasteiger partial charge in [0.15, 0.2) is 0 Å². The molecule has 0 amide bonds. The van der Waals surface area contributed by atoms with Crippen LogP contribution in [0, 0.1) is 16.0 Å². The first-order valence-electron chi connectivity index (χ1n) is 8.36. The maximum Gasteiger partial charge on any atom is 0.295 e.